The fraction of sp³-hybridized carbons (Fsp3) is 0.286. The van der Waals surface area contributed by atoms with Crippen LogP contribution in [-0.2, 0) is 0 Å². The van der Waals surface area contributed by atoms with E-state index in [0.717, 1.165) is 5.69 Å². The molecule has 0 unspecified atom stereocenters. The second-order valence-corrected chi connectivity index (χ2v) is 1.28. The van der Waals surface area contributed by atoms with E-state index in [1.807, 2.05) is 13.8 Å². The molecule has 2 N–H and O–H groups in total. The summed E-state index contributed by atoms with van der Waals surface area (Å²) in [6.07, 6.45) is 3.32. The van der Waals surface area contributed by atoms with E-state index in [-0.39, 0.29) is 1.43 Å². The van der Waals surface area contributed by atoms with Crippen LogP contribution in [-0.4, -0.2) is 4.98 Å². The molecule has 1 aromatic rings. The lowest BCUT2D eigenvalue weighted by Gasteiger charge is -1.83. The van der Waals surface area contributed by atoms with Crippen molar-refractivity contribution in [3.63, 3.8) is 0 Å². The Morgan fingerprint density at radius 2 is 1.78 bits per heavy atom. The number of anilines is 1. The van der Waals surface area contributed by atoms with Gasteiger partial charge in [0.1, 0.15) is 0 Å². The molecule has 0 bridgehead atoms. The van der Waals surface area contributed by atoms with Crippen molar-refractivity contribution in [2.75, 3.05) is 5.73 Å². The Balaban J connectivity index is 0. The third-order valence-corrected chi connectivity index (χ3v) is 0.706. The van der Waals surface area contributed by atoms with Gasteiger partial charge in [0.2, 0.25) is 0 Å². The molecule has 0 atom stereocenters. The van der Waals surface area contributed by atoms with Gasteiger partial charge < -0.3 is 5.73 Å². The third kappa shape index (κ3) is 3.53. The molecule has 1 rings (SSSR count). The Bertz CT molecular complexity index is 142. The highest BCUT2D eigenvalue weighted by Crippen LogP contribution is 1.92. The predicted octanol–water partition coefficient (Wildman–Crippen LogP) is 1.94. The normalized spacial score (nSPS) is 7.33. The number of hydrogen-bond acceptors (Lipinski definition) is 2. The third-order valence-electron chi connectivity index (χ3n) is 0.706. The maximum Gasteiger partial charge on any atom is 0.0344 e. The summed E-state index contributed by atoms with van der Waals surface area (Å²) in [5.74, 6) is 0. The molecule has 0 aliphatic carbocycles. The maximum absolute atomic E-state index is 5.32. The molecule has 0 aliphatic heterocycles. The molecule has 2 heteroatoms. The fourth-order valence-corrected chi connectivity index (χ4v) is 0.363. The van der Waals surface area contributed by atoms with Crippen molar-refractivity contribution in [1.82, 2.24) is 4.98 Å². The molecule has 1 aromatic heterocycles. The number of pyridine rings is 1. The lowest BCUT2D eigenvalue weighted by molar-refractivity contribution is 1.33. The van der Waals surface area contributed by atoms with Crippen molar-refractivity contribution in [2.24, 2.45) is 0 Å². The summed E-state index contributed by atoms with van der Waals surface area (Å²) >= 11 is 0. The minimum absolute atomic E-state index is 0. The quantitative estimate of drug-likeness (QED) is 0.577. The first-order valence-corrected chi connectivity index (χ1v) is 3.05. The summed E-state index contributed by atoms with van der Waals surface area (Å²) in [6.45, 7) is 4.00. The standard InChI is InChI=1S/C5H6N2.C2H6.H2/c6-5-1-3-7-4-2-5;1-2;/h1-4H,(H2,6,7);1-2H3;1H. The second kappa shape index (κ2) is 5.09. The first-order valence-electron chi connectivity index (χ1n) is 3.05. The lowest BCUT2D eigenvalue weighted by Crippen LogP contribution is -1.81. The topological polar surface area (TPSA) is 38.9 Å². The minimum atomic E-state index is 0. The van der Waals surface area contributed by atoms with Gasteiger partial charge in [-0.25, -0.2) is 0 Å². The van der Waals surface area contributed by atoms with Crippen LogP contribution in [0.25, 0.3) is 0 Å². The Kier molecular flexibility index (Phi) is 4.50. The summed E-state index contributed by atoms with van der Waals surface area (Å²) in [5, 5.41) is 0. The van der Waals surface area contributed by atoms with Gasteiger partial charge in [-0.05, 0) is 12.1 Å². The smallest absolute Gasteiger partial charge is 0.0344 e. The van der Waals surface area contributed by atoms with Crippen LogP contribution in [0.2, 0.25) is 0 Å². The summed E-state index contributed by atoms with van der Waals surface area (Å²) in [5.41, 5.74) is 6.08. The highest BCUT2D eigenvalue weighted by Gasteiger charge is 1.73. The molecule has 0 aromatic carbocycles. The van der Waals surface area contributed by atoms with Gasteiger partial charge in [-0.3, -0.25) is 4.98 Å². The van der Waals surface area contributed by atoms with E-state index in [0.29, 0.717) is 0 Å². The lowest BCUT2D eigenvalue weighted by atomic mass is 10.4. The highest BCUT2D eigenvalue weighted by atomic mass is 14.6. The molecule has 52 valence electrons. The number of nitrogen functional groups attached to an aromatic ring is 1. The van der Waals surface area contributed by atoms with E-state index in [9.17, 15) is 0 Å². The van der Waals surface area contributed by atoms with Crippen molar-refractivity contribution < 1.29 is 1.43 Å². The van der Waals surface area contributed by atoms with Gasteiger partial charge in [-0.15, -0.1) is 0 Å². The molecule has 0 amide bonds. The van der Waals surface area contributed by atoms with E-state index >= 15 is 0 Å². The zero-order valence-electron chi connectivity index (χ0n) is 5.83. The maximum atomic E-state index is 5.32. The zero-order valence-corrected chi connectivity index (χ0v) is 5.83. The number of hydrogen-bond donors (Lipinski definition) is 1. The van der Waals surface area contributed by atoms with E-state index in [1.54, 1.807) is 24.5 Å². The van der Waals surface area contributed by atoms with Crippen LogP contribution in [0.15, 0.2) is 24.5 Å². The van der Waals surface area contributed by atoms with Gasteiger partial charge in [0.15, 0.2) is 0 Å². The monoisotopic (exact) mass is 126 g/mol. The Labute approximate surface area is 57.2 Å². The van der Waals surface area contributed by atoms with Crippen LogP contribution in [0, 0.1) is 0 Å². The summed E-state index contributed by atoms with van der Waals surface area (Å²) in [7, 11) is 0. The van der Waals surface area contributed by atoms with Gasteiger partial charge in [-0.1, -0.05) is 13.8 Å². The van der Waals surface area contributed by atoms with E-state index in [4.69, 9.17) is 5.73 Å². The number of aromatic nitrogens is 1. The first-order chi connectivity index (χ1) is 4.39. The van der Waals surface area contributed by atoms with Crippen molar-refractivity contribution in [3.8, 4) is 0 Å². The molecular formula is C7H14N2. The summed E-state index contributed by atoms with van der Waals surface area (Å²) < 4.78 is 0. The largest absolute Gasteiger partial charge is 0.399 e. The molecule has 0 radical (unpaired) electrons. The van der Waals surface area contributed by atoms with Gasteiger partial charge in [0.25, 0.3) is 0 Å². The van der Waals surface area contributed by atoms with E-state index in [1.165, 1.54) is 0 Å². The van der Waals surface area contributed by atoms with Crippen LogP contribution >= 0.6 is 0 Å². The van der Waals surface area contributed by atoms with Crippen LogP contribution < -0.4 is 5.73 Å². The predicted molar refractivity (Wildman–Crippen MR) is 42.1 cm³/mol. The van der Waals surface area contributed by atoms with Crippen molar-refractivity contribution in [2.45, 2.75) is 13.8 Å². The number of rotatable bonds is 0. The molecule has 9 heavy (non-hydrogen) atoms. The van der Waals surface area contributed by atoms with Crippen LogP contribution in [0.4, 0.5) is 5.69 Å². The van der Waals surface area contributed by atoms with Crippen molar-refractivity contribution in [1.29, 1.82) is 0 Å². The number of nitrogens with zero attached hydrogens (tertiary/aromatic N) is 1. The molecule has 0 saturated heterocycles. The highest BCUT2D eigenvalue weighted by molar-refractivity contribution is 5.33. The average Bonchev–Trinajstić information content (AvgIpc) is 1.94. The van der Waals surface area contributed by atoms with E-state index in [2.05, 4.69) is 4.98 Å². The van der Waals surface area contributed by atoms with Crippen LogP contribution in [0.5, 0.6) is 0 Å². The number of nitrogens with two attached hydrogens (primary N) is 1. The van der Waals surface area contributed by atoms with Crippen molar-refractivity contribution in [3.05, 3.63) is 24.5 Å². The molecule has 2 nitrogen and oxygen atoms in total. The van der Waals surface area contributed by atoms with Gasteiger partial charge in [-0.2, -0.15) is 0 Å². The molecule has 0 fully saturated rings. The Morgan fingerprint density at radius 1 is 1.33 bits per heavy atom. The Morgan fingerprint density at radius 3 is 2.00 bits per heavy atom. The van der Waals surface area contributed by atoms with Crippen LogP contribution in [0.3, 0.4) is 0 Å². The van der Waals surface area contributed by atoms with Gasteiger partial charge in [0, 0.05) is 19.5 Å². The molecule has 1 heterocycles. The minimum Gasteiger partial charge on any atom is -0.399 e. The molecule has 0 aliphatic rings. The first kappa shape index (κ1) is 7.95. The summed E-state index contributed by atoms with van der Waals surface area (Å²) in [4.78, 5) is 3.77. The zero-order chi connectivity index (χ0) is 7.11. The second-order valence-electron chi connectivity index (χ2n) is 1.28. The SMILES string of the molecule is CC.Nc1ccncc1.[HH]. The Hall–Kier alpha value is -1.05. The van der Waals surface area contributed by atoms with Gasteiger partial charge >= 0.3 is 0 Å². The van der Waals surface area contributed by atoms with Crippen LogP contribution in [0.1, 0.15) is 15.3 Å². The summed E-state index contributed by atoms with van der Waals surface area (Å²) in [6, 6.07) is 3.50. The fourth-order valence-electron chi connectivity index (χ4n) is 0.363. The van der Waals surface area contributed by atoms with E-state index < -0.39 is 0 Å². The molecule has 0 spiro atoms. The molecular weight excluding hydrogens is 112 g/mol. The average molecular weight is 126 g/mol. The van der Waals surface area contributed by atoms with Gasteiger partial charge in [0.05, 0.1) is 0 Å². The molecule has 0 saturated carbocycles. The van der Waals surface area contributed by atoms with Crippen molar-refractivity contribution >= 4 is 5.69 Å².